The maximum atomic E-state index is 14.3. The van der Waals surface area contributed by atoms with Gasteiger partial charge < -0.3 is 14.8 Å². The fourth-order valence-corrected chi connectivity index (χ4v) is 4.04. The summed E-state index contributed by atoms with van der Waals surface area (Å²) in [4.78, 5) is 13.9. The minimum atomic E-state index is -0.216. The largest absolute Gasteiger partial charge is 0.493 e. The highest BCUT2D eigenvalue weighted by Gasteiger charge is 2.33. The van der Waals surface area contributed by atoms with Crippen molar-refractivity contribution in [3.05, 3.63) is 58.9 Å². The Morgan fingerprint density at radius 1 is 1.25 bits per heavy atom. The summed E-state index contributed by atoms with van der Waals surface area (Å²) in [6, 6.07) is 10.5. The van der Waals surface area contributed by atoms with Crippen molar-refractivity contribution >= 4 is 5.91 Å². The van der Waals surface area contributed by atoms with Gasteiger partial charge in [-0.25, -0.2) is 4.39 Å². The van der Waals surface area contributed by atoms with Gasteiger partial charge in [0.15, 0.2) is 11.5 Å². The molecule has 2 atom stereocenters. The number of nitrogens with zero attached hydrogens (tertiary/aromatic N) is 1. The van der Waals surface area contributed by atoms with Gasteiger partial charge in [-0.2, -0.15) is 0 Å². The number of hydrogen-bond acceptors (Lipinski definition) is 4. The molecule has 1 aliphatic rings. The van der Waals surface area contributed by atoms with Crippen LogP contribution in [-0.4, -0.2) is 37.6 Å². The summed E-state index contributed by atoms with van der Waals surface area (Å²) in [6.45, 7) is 4.71. The molecule has 0 fully saturated rings. The van der Waals surface area contributed by atoms with Crippen LogP contribution in [0.1, 0.15) is 36.6 Å². The first-order valence-electron chi connectivity index (χ1n) is 9.44. The van der Waals surface area contributed by atoms with E-state index in [2.05, 4.69) is 10.2 Å². The average molecular weight is 386 g/mol. The fraction of sp³-hybridized carbons (Fsp3) is 0.409. The van der Waals surface area contributed by atoms with E-state index in [4.69, 9.17) is 9.47 Å². The quantitative estimate of drug-likeness (QED) is 0.826. The van der Waals surface area contributed by atoms with Crippen molar-refractivity contribution in [3.63, 3.8) is 0 Å². The molecule has 0 bridgehead atoms. The maximum Gasteiger partial charge on any atom is 0.217 e. The minimum Gasteiger partial charge on any atom is -0.493 e. The van der Waals surface area contributed by atoms with E-state index in [0.717, 1.165) is 24.1 Å². The number of carbonyl (C=O) groups excluding carboxylic acids is 1. The minimum absolute atomic E-state index is 0.0917. The maximum absolute atomic E-state index is 14.3. The predicted octanol–water partition coefficient (Wildman–Crippen LogP) is 3.47. The molecule has 0 saturated heterocycles. The number of rotatable bonds is 6. The molecule has 0 aliphatic carbocycles. The van der Waals surface area contributed by atoms with Crippen molar-refractivity contribution in [2.75, 3.05) is 20.8 Å². The summed E-state index contributed by atoms with van der Waals surface area (Å²) in [5.74, 6) is 1.03. The zero-order valence-electron chi connectivity index (χ0n) is 16.8. The lowest BCUT2D eigenvalue weighted by molar-refractivity contribution is -0.120. The fourth-order valence-electron chi connectivity index (χ4n) is 4.04. The SMILES string of the molecule is COc1cc2c(cc1OC)[C@@H]([C@H](C)NC(C)=O)N(Cc1ccccc1F)CC2. The first-order valence-corrected chi connectivity index (χ1v) is 9.44. The Hall–Kier alpha value is -2.60. The van der Waals surface area contributed by atoms with Gasteiger partial charge in [-0.05, 0) is 42.7 Å². The molecule has 1 amide bonds. The molecule has 2 aromatic rings. The van der Waals surface area contributed by atoms with Crippen molar-refractivity contribution in [2.24, 2.45) is 0 Å². The molecule has 2 aromatic carbocycles. The number of carbonyl (C=O) groups is 1. The Labute approximate surface area is 165 Å². The van der Waals surface area contributed by atoms with Gasteiger partial charge in [0.25, 0.3) is 0 Å². The van der Waals surface area contributed by atoms with Crippen molar-refractivity contribution in [3.8, 4) is 11.5 Å². The molecule has 3 rings (SSSR count). The summed E-state index contributed by atoms with van der Waals surface area (Å²) in [5.41, 5.74) is 2.87. The van der Waals surface area contributed by atoms with Crippen LogP contribution >= 0.6 is 0 Å². The van der Waals surface area contributed by atoms with Crippen LogP contribution in [0.25, 0.3) is 0 Å². The van der Waals surface area contributed by atoms with E-state index < -0.39 is 0 Å². The van der Waals surface area contributed by atoms with Crippen LogP contribution < -0.4 is 14.8 Å². The van der Waals surface area contributed by atoms with Gasteiger partial charge in [-0.15, -0.1) is 0 Å². The van der Waals surface area contributed by atoms with Gasteiger partial charge in [0, 0.05) is 31.6 Å². The second kappa shape index (κ2) is 8.61. The lowest BCUT2D eigenvalue weighted by Crippen LogP contribution is -2.47. The molecule has 0 unspecified atom stereocenters. The Balaban J connectivity index is 2.02. The van der Waals surface area contributed by atoms with Crippen molar-refractivity contribution in [2.45, 2.75) is 38.9 Å². The van der Waals surface area contributed by atoms with Gasteiger partial charge >= 0.3 is 0 Å². The Morgan fingerprint density at radius 2 is 1.93 bits per heavy atom. The third-order valence-corrected chi connectivity index (χ3v) is 5.26. The number of hydrogen-bond donors (Lipinski definition) is 1. The van der Waals surface area contributed by atoms with Crippen LogP contribution in [-0.2, 0) is 17.8 Å². The van der Waals surface area contributed by atoms with E-state index in [1.165, 1.54) is 13.0 Å². The van der Waals surface area contributed by atoms with Crippen LogP contribution in [0.15, 0.2) is 36.4 Å². The number of nitrogens with one attached hydrogen (secondary N) is 1. The van der Waals surface area contributed by atoms with Gasteiger partial charge in [-0.3, -0.25) is 9.69 Å². The first-order chi connectivity index (χ1) is 13.4. The molecule has 1 aliphatic heterocycles. The van der Waals surface area contributed by atoms with Gasteiger partial charge in [-0.1, -0.05) is 18.2 Å². The highest BCUT2D eigenvalue weighted by molar-refractivity contribution is 5.73. The molecular formula is C22H27FN2O3. The lowest BCUT2D eigenvalue weighted by atomic mass is 9.87. The van der Waals surface area contributed by atoms with Gasteiger partial charge in [0.1, 0.15) is 5.82 Å². The standard InChI is InChI=1S/C22H27FN2O3/c1-14(24-15(2)26)22-18-12-21(28-4)20(27-3)11-16(18)9-10-25(22)13-17-7-5-6-8-19(17)23/h5-8,11-12,14,22H,9-10,13H2,1-4H3,(H,24,26)/t14-,22+/m0/s1. The molecule has 5 nitrogen and oxygen atoms in total. The monoisotopic (exact) mass is 386 g/mol. The number of halogens is 1. The van der Waals surface area contributed by atoms with Crippen LogP contribution in [0.5, 0.6) is 11.5 Å². The van der Waals surface area contributed by atoms with Crippen LogP contribution in [0, 0.1) is 5.82 Å². The first kappa shape index (κ1) is 20.1. The Kier molecular flexibility index (Phi) is 6.19. The predicted molar refractivity (Wildman–Crippen MR) is 106 cm³/mol. The van der Waals surface area contributed by atoms with Gasteiger partial charge in [0.05, 0.1) is 20.3 Å². The normalized spacial score (nSPS) is 17.5. The summed E-state index contributed by atoms with van der Waals surface area (Å²) in [7, 11) is 3.23. The zero-order valence-corrected chi connectivity index (χ0v) is 16.8. The molecule has 150 valence electrons. The van der Waals surface area contributed by atoms with E-state index in [1.807, 2.05) is 25.1 Å². The van der Waals surface area contributed by atoms with Crippen LogP contribution in [0.3, 0.4) is 0 Å². The van der Waals surface area contributed by atoms with E-state index in [0.29, 0.717) is 23.6 Å². The second-order valence-corrected chi connectivity index (χ2v) is 7.15. The number of methoxy groups -OCH3 is 2. The van der Waals surface area contributed by atoms with Crippen molar-refractivity contribution in [1.29, 1.82) is 0 Å². The highest BCUT2D eigenvalue weighted by atomic mass is 19.1. The molecule has 1 heterocycles. The molecule has 28 heavy (non-hydrogen) atoms. The topological polar surface area (TPSA) is 50.8 Å². The third-order valence-electron chi connectivity index (χ3n) is 5.26. The molecule has 0 aromatic heterocycles. The van der Waals surface area contributed by atoms with Crippen LogP contribution in [0.4, 0.5) is 4.39 Å². The average Bonchev–Trinajstić information content (AvgIpc) is 2.67. The molecule has 0 spiro atoms. The number of amides is 1. The highest BCUT2D eigenvalue weighted by Crippen LogP contribution is 2.40. The molecule has 0 saturated carbocycles. The summed E-state index contributed by atoms with van der Waals surface area (Å²) >= 11 is 0. The summed E-state index contributed by atoms with van der Waals surface area (Å²) in [6.07, 6.45) is 0.813. The van der Waals surface area contributed by atoms with E-state index in [1.54, 1.807) is 26.4 Å². The molecular weight excluding hydrogens is 359 g/mol. The lowest BCUT2D eigenvalue weighted by Gasteiger charge is -2.41. The molecule has 6 heteroatoms. The second-order valence-electron chi connectivity index (χ2n) is 7.15. The number of ether oxygens (including phenoxy) is 2. The van der Waals surface area contributed by atoms with E-state index >= 15 is 0 Å². The number of benzene rings is 2. The van der Waals surface area contributed by atoms with Crippen molar-refractivity contribution in [1.82, 2.24) is 10.2 Å². The third kappa shape index (κ3) is 4.12. The van der Waals surface area contributed by atoms with E-state index in [-0.39, 0.29) is 23.8 Å². The smallest absolute Gasteiger partial charge is 0.217 e. The summed E-state index contributed by atoms with van der Waals surface area (Å²) < 4.78 is 25.2. The van der Waals surface area contributed by atoms with Crippen LogP contribution in [0.2, 0.25) is 0 Å². The molecule has 1 N–H and O–H groups in total. The zero-order chi connectivity index (χ0) is 20.3. The molecule has 0 radical (unpaired) electrons. The van der Waals surface area contributed by atoms with Crippen molar-refractivity contribution < 1.29 is 18.7 Å². The van der Waals surface area contributed by atoms with Gasteiger partial charge in [0.2, 0.25) is 5.91 Å². The Morgan fingerprint density at radius 3 is 2.57 bits per heavy atom. The summed E-state index contributed by atoms with van der Waals surface area (Å²) in [5, 5.41) is 3.00. The number of fused-ring (bicyclic) bond motifs is 1. The van der Waals surface area contributed by atoms with E-state index in [9.17, 15) is 9.18 Å². The Bertz CT molecular complexity index is 856.